The summed E-state index contributed by atoms with van der Waals surface area (Å²) >= 11 is 1.68. The molecule has 0 aliphatic carbocycles. The van der Waals surface area contributed by atoms with Crippen molar-refractivity contribution in [1.29, 1.82) is 0 Å². The molecule has 2 aromatic rings. The van der Waals surface area contributed by atoms with Crippen LogP contribution in [0.1, 0.15) is 17.7 Å². The molecule has 0 aliphatic rings. The first-order valence-corrected chi connectivity index (χ1v) is 7.37. The molecular formula is C15H18N2O2S. The molecule has 0 saturated carbocycles. The van der Waals surface area contributed by atoms with Gasteiger partial charge in [0, 0.05) is 29.3 Å². The minimum Gasteiger partial charge on any atom is -0.399 e. The van der Waals surface area contributed by atoms with Crippen molar-refractivity contribution in [1.82, 2.24) is 0 Å². The molecule has 1 heterocycles. The number of ether oxygens (including phenoxy) is 1. The van der Waals surface area contributed by atoms with Crippen LogP contribution in [0, 0.1) is 0 Å². The van der Waals surface area contributed by atoms with Crippen LogP contribution < -0.4 is 11.1 Å². The Hall–Kier alpha value is -1.85. The highest BCUT2D eigenvalue weighted by Crippen LogP contribution is 2.12. The van der Waals surface area contributed by atoms with Gasteiger partial charge < -0.3 is 15.8 Å². The summed E-state index contributed by atoms with van der Waals surface area (Å²) in [4.78, 5) is 12.9. The van der Waals surface area contributed by atoms with Gasteiger partial charge in [-0.1, -0.05) is 6.07 Å². The first-order valence-electron chi connectivity index (χ1n) is 6.49. The summed E-state index contributed by atoms with van der Waals surface area (Å²) in [5, 5.41) is 4.85. The van der Waals surface area contributed by atoms with Crippen LogP contribution >= 0.6 is 11.3 Å². The van der Waals surface area contributed by atoms with Gasteiger partial charge in [0.1, 0.15) is 0 Å². The number of carbonyl (C=O) groups excluding carboxylic acids is 1. The molecule has 4 nitrogen and oxygen atoms in total. The smallest absolute Gasteiger partial charge is 0.224 e. The Kier molecular flexibility index (Phi) is 5.58. The predicted octanol–water partition coefficient (Wildman–Crippen LogP) is 3.27. The van der Waals surface area contributed by atoms with E-state index in [2.05, 4.69) is 5.32 Å². The molecule has 106 valence electrons. The minimum absolute atomic E-state index is 0.00510. The zero-order valence-electron chi connectivity index (χ0n) is 11.2. The SMILES string of the molecule is Nc1ccc(NC(=O)CCCOCc2cccs2)cc1. The maximum absolute atomic E-state index is 11.7. The fourth-order valence-electron chi connectivity index (χ4n) is 1.69. The number of hydrogen-bond acceptors (Lipinski definition) is 4. The van der Waals surface area contributed by atoms with Gasteiger partial charge in [-0.2, -0.15) is 0 Å². The largest absolute Gasteiger partial charge is 0.399 e. The molecule has 0 unspecified atom stereocenters. The van der Waals surface area contributed by atoms with Crippen molar-refractivity contribution in [3.05, 3.63) is 46.7 Å². The molecule has 2 rings (SSSR count). The van der Waals surface area contributed by atoms with Crippen molar-refractivity contribution in [2.24, 2.45) is 0 Å². The number of nitrogens with one attached hydrogen (secondary N) is 1. The fraction of sp³-hybridized carbons (Fsp3) is 0.267. The van der Waals surface area contributed by atoms with E-state index in [0.717, 1.165) is 5.69 Å². The van der Waals surface area contributed by atoms with Crippen LogP contribution in [0.25, 0.3) is 0 Å². The average Bonchev–Trinajstić information content (AvgIpc) is 2.94. The van der Waals surface area contributed by atoms with Gasteiger partial charge in [-0.05, 0) is 42.1 Å². The van der Waals surface area contributed by atoms with Crippen molar-refractivity contribution >= 4 is 28.6 Å². The van der Waals surface area contributed by atoms with E-state index in [1.165, 1.54) is 4.88 Å². The van der Waals surface area contributed by atoms with Crippen molar-refractivity contribution in [3.8, 4) is 0 Å². The van der Waals surface area contributed by atoms with Crippen molar-refractivity contribution in [2.45, 2.75) is 19.4 Å². The Morgan fingerprint density at radius 1 is 1.25 bits per heavy atom. The summed E-state index contributed by atoms with van der Waals surface area (Å²) in [5.41, 5.74) is 7.04. The fourth-order valence-corrected chi connectivity index (χ4v) is 2.33. The van der Waals surface area contributed by atoms with Crippen LogP contribution in [0.3, 0.4) is 0 Å². The van der Waals surface area contributed by atoms with Crippen LogP contribution in [-0.2, 0) is 16.1 Å². The molecule has 1 aromatic heterocycles. The zero-order valence-corrected chi connectivity index (χ0v) is 12.0. The monoisotopic (exact) mass is 290 g/mol. The highest BCUT2D eigenvalue weighted by molar-refractivity contribution is 7.09. The van der Waals surface area contributed by atoms with E-state index in [-0.39, 0.29) is 5.91 Å². The standard InChI is InChI=1S/C15H18N2O2S/c16-12-5-7-13(8-6-12)17-15(18)4-1-9-19-11-14-3-2-10-20-14/h2-3,5-8,10H,1,4,9,11,16H2,(H,17,18). The average molecular weight is 290 g/mol. The number of benzene rings is 1. The van der Waals surface area contributed by atoms with Gasteiger partial charge in [0.05, 0.1) is 6.61 Å². The normalized spacial score (nSPS) is 10.4. The molecule has 0 bridgehead atoms. The highest BCUT2D eigenvalue weighted by atomic mass is 32.1. The van der Waals surface area contributed by atoms with Crippen molar-refractivity contribution < 1.29 is 9.53 Å². The molecule has 0 atom stereocenters. The Labute approximate surface area is 122 Å². The van der Waals surface area contributed by atoms with Crippen LogP contribution in [0.15, 0.2) is 41.8 Å². The minimum atomic E-state index is -0.00510. The van der Waals surface area contributed by atoms with Gasteiger partial charge in [-0.3, -0.25) is 4.79 Å². The summed E-state index contributed by atoms with van der Waals surface area (Å²) in [5.74, 6) is -0.00510. The molecule has 0 radical (unpaired) electrons. The van der Waals surface area contributed by atoms with E-state index in [9.17, 15) is 4.79 Å². The van der Waals surface area contributed by atoms with Crippen molar-refractivity contribution in [2.75, 3.05) is 17.7 Å². The molecule has 20 heavy (non-hydrogen) atoms. The number of thiophene rings is 1. The summed E-state index contributed by atoms with van der Waals surface area (Å²) in [6.45, 7) is 1.21. The first kappa shape index (κ1) is 14.6. The first-order chi connectivity index (χ1) is 9.74. The number of nitrogens with two attached hydrogens (primary N) is 1. The van der Waals surface area contributed by atoms with E-state index in [1.54, 1.807) is 35.6 Å². The van der Waals surface area contributed by atoms with Crippen LogP contribution in [0.4, 0.5) is 11.4 Å². The molecule has 0 saturated heterocycles. The summed E-state index contributed by atoms with van der Waals surface area (Å²) < 4.78 is 5.51. The maximum atomic E-state index is 11.7. The second kappa shape index (κ2) is 7.67. The summed E-state index contributed by atoms with van der Waals surface area (Å²) in [7, 11) is 0. The Morgan fingerprint density at radius 3 is 2.75 bits per heavy atom. The molecular weight excluding hydrogens is 272 g/mol. The van der Waals surface area contributed by atoms with Gasteiger partial charge in [0.2, 0.25) is 5.91 Å². The third-order valence-corrected chi connectivity index (χ3v) is 3.56. The Balaban J connectivity index is 1.59. The molecule has 3 N–H and O–H groups in total. The van der Waals surface area contributed by atoms with Gasteiger partial charge >= 0.3 is 0 Å². The van der Waals surface area contributed by atoms with Gasteiger partial charge in [0.25, 0.3) is 0 Å². The van der Waals surface area contributed by atoms with E-state index in [4.69, 9.17) is 10.5 Å². The van der Waals surface area contributed by atoms with Crippen LogP contribution in [-0.4, -0.2) is 12.5 Å². The number of hydrogen-bond donors (Lipinski definition) is 2. The Morgan fingerprint density at radius 2 is 2.05 bits per heavy atom. The molecule has 1 aromatic carbocycles. The number of carbonyl (C=O) groups is 1. The number of amides is 1. The third kappa shape index (κ3) is 5.03. The highest BCUT2D eigenvalue weighted by Gasteiger charge is 2.02. The molecule has 5 heteroatoms. The molecule has 0 aliphatic heterocycles. The third-order valence-electron chi connectivity index (χ3n) is 2.71. The lowest BCUT2D eigenvalue weighted by molar-refractivity contribution is -0.116. The number of nitrogen functional groups attached to an aromatic ring is 1. The van der Waals surface area contributed by atoms with Gasteiger partial charge in [-0.15, -0.1) is 11.3 Å². The lowest BCUT2D eigenvalue weighted by Crippen LogP contribution is -2.12. The molecule has 1 amide bonds. The second-order valence-corrected chi connectivity index (χ2v) is 5.44. The van der Waals surface area contributed by atoms with E-state index < -0.39 is 0 Å². The lowest BCUT2D eigenvalue weighted by Gasteiger charge is -2.06. The number of anilines is 2. The van der Waals surface area contributed by atoms with Crippen LogP contribution in [0.2, 0.25) is 0 Å². The van der Waals surface area contributed by atoms with E-state index >= 15 is 0 Å². The second-order valence-electron chi connectivity index (χ2n) is 4.41. The maximum Gasteiger partial charge on any atom is 0.224 e. The van der Waals surface area contributed by atoms with E-state index in [1.807, 2.05) is 17.5 Å². The van der Waals surface area contributed by atoms with Gasteiger partial charge in [-0.25, -0.2) is 0 Å². The lowest BCUT2D eigenvalue weighted by atomic mass is 10.2. The predicted molar refractivity (Wildman–Crippen MR) is 82.7 cm³/mol. The Bertz CT molecular complexity index is 523. The summed E-state index contributed by atoms with van der Waals surface area (Å²) in [6.07, 6.45) is 1.17. The molecule has 0 fully saturated rings. The topological polar surface area (TPSA) is 64.3 Å². The summed E-state index contributed by atoms with van der Waals surface area (Å²) in [6, 6.07) is 11.2. The molecule has 0 spiro atoms. The van der Waals surface area contributed by atoms with Crippen LogP contribution in [0.5, 0.6) is 0 Å². The quantitative estimate of drug-likeness (QED) is 0.607. The van der Waals surface area contributed by atoms with Gasteiger partial charge in [0.15, 0.2) is 0 Å². The van der Waals surface area contributed by atoms with Crippen molar-refractivity contribution in [3.63, 3.8) is 0 Å². The van der Waals surface area contributed by atoms with E-state index in [0.29, 0.717) is 31.7 Å². The zero-order chi connectivity index (χ0) is 14.2. The number of rotatable bonds is 7.